The van der Waals surface area contributed by atoms with Crippen molar-refractivity contribution in [2.24, 2.45) is 7.05 Å². The molecule has 29 heavy (non-hydrogen) atoms. The lowest BCUT2D eigenvalue weighted by atomic mass is 10.1. The molecular formula is C17H11ClF6N4O. The van der Waals surface area contributed by atoms with Gasteiger partial charge in [-0.15, -0.1) is 0 Å². The molecule has 12 heteroatoms. The molecule has 0 unspecified atom stereocenters. The van der Waals surface area contributed by atoms with E-state index >= 15 is 0 Å². The Morgan fingerprint density at radius 1 is 1.00 bits per heavy atom. The van der Waals surface area contributed by atoms with Crippen molar-refractivity contribution in [3.63, 3.8) is 0 Å². The Morgan fingerprint density at radius 3 is 2.21 bits per heavy atom. The zero-order valence-corrected chi connectivity index (χ0v) is 15.3. The van der Waals surface area contributed by atoms with Gasteiger partial charge in [-0.1, -0.05) is 24.3 Å². The van der Waals surface area contributed by atoms with Crippen molar-refractivity contribution in [3.8, 4) is 17.3 Å². The minimum absolute atomic E-state index is 0.0896. The molecule has 5 nitrogen and oxygen atoms in total. The van der Waals surface area contributed by atoms with Gasteiger partial charge in [-0.25, -0.2) is 9.97 Å². The van der Waals surface area contributed by atoms with Crippen molar-refractivity contribution in [1.82, 2.24) is 19.5 Å². The molecular weight excluding hydrogens is 426 g/mol. The quantitative estimate of drug-likeness (QED) is 0.419. The maximum absolute atomic E-state index is 13.0. The fourth-order valence-corrected chi connectivity index (χ4v) is 2.55. The molecule has 0 aliphatic carbocycles. The molecule has 0 aliphatic rings. The Balaban J connectivity index is 1.78. The van der Waals surface area contributed by atoms with Crippen LogP contribution in [0.4, 0.5) is 26.3 Å². The number of benzene rings is 1. The summed E-state index contributed by atoms with van der Waals surface area (Å²) < 4.78 is 83.6. The van der Waals surface area contributed by atoms with Gasteiger partial charge in [0.1, 0.15) is 18.0 Å². The molecule has 0 bridgehead atoms. The van der Waals surface area contributed by atoms with E-state index < -0.39 is 34.8 Å². The van der Waals surface area contributed by atoms with E-state index in [0.717, 1.165) is 6.20 Å². The Kier molecular flexibility index (Phi) is 5.44. The summed E-state index contributed by atoms with van der Waals surface area (Å²) in [4.78, 5) is 10.3. The van der Waals surface area contributed by atoms with Gasteiger partial charge >= 0.3 is 12.4 Å². The van der Waals surface area contributed by atoms with E-state index in [4.69, 9.17) is 16.3 Å². The molecule has 3 rings (SSSR count). The van der Waals surface area contributed by atoms with Crippen LogP contribution in [0.5, 0.6) is 5.88 Å². The van der Waals surface area contributed by atoms with Gasteiger partial charge in [-0.2, -0.15) is 31.3 Å². The van der Waals surface area contributed by atoms with E-state index in [1.54, 1.807) is 0 Å². The van der Waals surface area contributed by atoms with E-state index in [1.165, 1.54) is 35.9 Å². The van der Waals surface area contributed by atoms with Gasteiger partial charge in [0.25, 0.3) is 0 Å². The first-order chi connectivity index (χ1) is 13.4. The number of imidazole rings is 1. The van der Waals surface area contributed by atoms with Gasteiger partial charge < -0.3 is 9.30 Å². The highest BCUT2D eigenvalue weighted by Gasteiger charge is 2.36. The molecule has 2 heterocycles. The smallest absolute Gasteiger partial charge is 0.434 e. The van der Waals surface area contributed by atoms with Gasteiger partial charge in [0.2, 0.25) is 11.2 Å². The van der Waals surface area contributed by atoms with Crippen molar-refractivity contribution < 1.29 is 31.1 Å². The van der Waals surface area contributed by atoms with Crippen LogP contribution in [0.2, 0.25) is 5.28 Å². The minimum Gasteiger partial charge on any atom is -0.472 e. The number of nitrogens with zero attached hydrogens (tertiary/aromatic N) is 4. The van der Waals surface area contributed by atoms with Gasteiger partial charge in [0.15, 0.2) is 5.69 Å². The van der Waals surface area contributed by atoms with Crippen LogP contribution in [-0.4, -0.2) is 19.5 Å². The molecule has 0 aliphatic heterocycles. The topological polar surface area (TPSA) is 52.8 Å². The van der Waals surface area contributed by atoms with Crippen molar-refractivity contribution in [2.75, 3.05) is 0 Å². The third-order valence-corrected chi connectivity index (χ3v) is 3.97. The second kappa shape index (κ2) is 7.54. The van der Waals surface area contributed by atoms with Crippen molar-refractivity contribution in [3.05, 3.63) is 58.8 Å². The van der Waals surface area contributed by atoms with Gasteiger partial charge in [-0.05, 0) is 17.2 Å². The molecule has 0 fully saturated rings. The van der Waals surface area contributed by atoms with E-state index in [-0.39, 0.29) is 12.4 Å². The number of hydrogen-bond acceptors (Lipinski definition) is 4. The second-order valence-corrected chi connectivity index (χ2v) is 6.24. The van der Waals surface area contributed by atoms with Gasteiger partial charge in [-0.3, -0.25) is 0 Å². The molecule has 0 atom stereocenters. The number of aryl methyl sites for hydroxylation is 1. The van der Waals surface area contributed by atoms with E-state index in [2.05, 4.69) is 15.0 Å². The zero-order valence-electron chi connectivity index (χ0n) is 14.5. The summed E-state index contributed by atoms with van der Waals surface area (Å²) in [5.41, 5.74) is -1.34. The van der Waals surface area contributed by atoms with Crippen LogP contribution in [0.15, 0.2) is 36.7 Å². The minimum atomic E-state index is -4.72. The van der Waals surface area contributed by atoms with Crippen molar-refractivity contribution in [1.29, 1.82) is 0 Å². The SMILES string of the molecule is Cn1cc(C(F)(F)F)nc1-c1ccc(COc2nc(Cl)ncc2C(F)(F)F)cc1. The van der Waals surface area contributed by atoms with Crippen LogP contribution < -0.4 is 4.74 Å². The highest BCUT2D eigenvalue weighted by molar-refractivity contribution is 6.28. The summed E-state index contributed by atoms with van der Waals surface area (Å²) in [7, 11) is 1.42. The lowest BCUT2D eigenvalue weighted by Crippen LogP contribution is -2.11. The van der Waals surface area contributed by atoms with E-state index in [0.29, 0.717) is 17.3 Å². The predicted molar refractivity (Wildman–Crippen MR) is 90.0 cm³/mol. The predicted octanol–water partition coefficient (Wildman–Crippen LogP) is 5.15. The molecule has 0 N–H and O–H groups in total. The molecule has 0 saturated heterocycles. The molecule has 0 saturated carbocycles. The molecule has 0 spiro atoms. The zero-order chi connectivity index (χ0) is 21.4. The molecule has 154 valence electrons. The van der Waals surface area contributed by atoms with Gasteiger partial charge in [0, 0.05) is 25.0 Å². The Morgan fingerprint density at radius 2 is 1.66 bits per heavy atom. The van der Waals surface area contributed by atoms with E-state index in [1.807, 2.05) is 0 Å². The highest BCUT2D eigenvalue weighted by Crippen LogP contribution is 2.35. The van der Waals surface area contributed by atoms with Crippen LogP contribution in [0.3, 0.4) is 0 Å². The fraction of sp³-hybridized carbons (Fsp3) is 0.235. The van der Waals surface area contributed by atoms with Crippen LogP contribution in [-0.2, 0) is 26.0 Å². The average Bonchev–Trinajstić information content (AvgIpc) is 3.01. The third kappa shape index (κ3) is 4.78. The van der Waals surface area contributed by atoms with Crippen molar-refractivity contribution in [2.45, 2.75) is 19.0 Å². The van der Waals surface area contributed by atoms with Crippen molar-refractivity contribution >= 4 is 11.6 Å². The lowest BCUT2D eigenvalue weighted by Gasteiger charge is -2.12. The van der Waals surface area contributed by atoms with E-state index in [9.17, 15) is 26.3 Å². The molecule has 3 aromatic rings. The summed E-state index contributed by atoms with van der Waals surface area (Å²) in [6, 6.07) is 5.96. The highest BCUT2D eigenvalue weighted by atomic mass is 35.5. The first-order valence-corrected chi connectivity index (χ1v) is 8.25. The first kappa shape index (κ1) is 20.9. The number of ether oxygens (including phenoxy) is 1. The lowest BCUT2D eigenvalue weighted by molar-refractivity contribution is -0.141. The number of alkyl halides is 6. The van der Waals surface area contributed by atoms with Crippen LogP contribution in [0.25, 0.3) is 11.4 Å². The summed E-state index contributed by atoms with van der Waals surface area (Å²) >= 11 is 5.53. The maximum Gasteiger partial charge on any atom is 0.434 e. The number of rotatable bonds is 4. The molecule has 1 aromatic carbocycles. The first-order valence-electron chi connectivity index (χ1n) is 7.87. The second-order valence-electron chi connectivity index (χ2n) is 5.90. The molecule has 0 radical (unpaired) electrons. The summed E-state index contributed by atoms with van der Waals surface area (Å²) in [5.74, 6) is -0.632. The van der Waals surface area contributed by atoms with Gasteiger partial charge in [0.05, 0.1) is 0 Å². The summed E-state index contributed by atoms with van der Waals surface area (Å²) in [6.07, 6.45) is -7.91. The summed E-state index contributed by atoms with van der Waals surface area (Å²) in [5, 5.41) is -0.404. The van der Waals surface area contributed by atoms with Crippen LogP contribution in [0, 0.1) is 0 Å². The number of aromatic nitrogens is 4. The number of halogens is 7. The summed E-state index contributed by atoms with van der Waals surface area (Å²) in [6.45, 7) is -0.273. The normalized spacial score (nSPS) is 12.3. The fourth-order valence-electron chi connectivity index (χ4n) is 2.42. The largest absolute Gasteiger partial charge is 0.472 e. The third-order valence-electron chi connectivity index (χ3n) is 3.78. The average molecular weight is 437 g/mol. The molecule has 2 aromatic heterocycles. The Labute approximate surface area is 164 Å². The standard InChI is InChI=1S/C17H11ClF6N4O/c1-28-7-12(17(22,23)24)26-13(28)10-4-2-9(3-5-10)8-29-14-11(16(19,20)21)6-25-15(18)27-14/h2-7H,8H2,1H3. The maximum atomic E-state index is 13.0. The van der Waals surface area contributed by atoms with Crippen LogP contribution in [0.1, 0.15) is 16.8 Å². The molecule has 0 amide bonds. The number of hydrogen-bond donors (Lipinski definition) is 0. The Bertz CT molecular complexity index is 1010. The monoisotopic (exact) mass is 436 g/mol. The van der Waals surface area contributed by atoms with Crippen LogP contribution >= 0.6 is 11.6 Å². The Hall–Kier alpha value is -2.82.